The van der Waals surface area contributed by atoms with Gasteiger partial charge in [-0.3, -0.25) is 0 Å². The molecule has 0 aliphatic carbocycles. The van der Waals surface area contributed by atoms with Gasteiger partial charge in [0, 0.05) is 3.57 Å². The lowest BCUT2D eigenvalue weighted by Crippen LogP contribution is -1.99. The molecule has 2 aromatic carbocycles. The van der Waals surface area contributed by atoms with E-state index in [-0.39, 0.29) is 6.10 Å². The zero-order valence-corrected chi connectivity index (χ0v) is 11.7. The van der Waals surface area contributed by atoms with Gasteiger partial charge in [0.1, 0.15) is 0 Å². The van der Waals surface area contributed by atoms with Crippen molar-refractivity contribution in [2.45, 2.75) is 18.9 Å². The molecule has 0 bridgehead atoms. The second-order valence-corrected chi connectivity index (χ2v) is 5.34. The molecule has 0 aromatic heterocycles. The molecule has 0 radical (unpaired) electrons. The minimum Gasteiger partial charge on any atom is -0.388 e. The Hall–Kier alpha value is -0.870. The van der Waals surface area contributed by atoms with Crippen molar-refractivity contribution < 1.29 is 5.11 Å². The van der Waals surface area contributed by atoms with Gasteiger partial charge in [-0.2, -0.15) is 0 Å². The van der Waals surface area contributed by atoms with Crippen LogP contribution >= 0.6 is 22.6 Å². The van der Waals surface area contributed by atoms with Crippen molar-refractivity contribution in [3.63, 3.8) is 0 Å². The van der Waals surface area contributed by atoms with Crippen molar-refractivity contribution in [1.82, 2.24) is 0 Å². The molecule has 0 aliphatic rings. The molecule has 1 atom stereocenters. The molecule has 0 aliphatic heterocycles. The van der Waals surface area contributed by atoms with Gasteiger partial charge in [-0.25, -0.2) is 0 Å². The molecule has 1 nitrogen and oxygen atoms in total. The molecule has 2 aromatic rings. The molecular weight excluding hydrogens is 323 g/mol. The van der Waals surface area contributed by atoms with Crippen LogP contribution in [0.1, 0.15) is 23.7 Å². The minimum atomic E-state index is -0.370. The van der Waals surface area contributed by atoms with Gasteiger partial charge in [-0.1, -0.05) is 42.5 Å². The second kappa shape index (κ2) is 6.17. The van der Waals surface area contributed by atoms with Crippen LogP contribution in [-0.2, 0) is 6.42 Å². The summed E-state index contributed by atoms with van der Waals surface area (Å²) in [5.41, 5.74) is 2.28. The SMILES string of the molecule is OC(CCc1ccccc1)c1cccc(I)c1. The molecule has 1 unspecified atom stereocenters. The van der Waals surface area contributed by atoms with Gasteiger partial charge in [0.2, 0.25) is 0 Å². The summed E-state index contributed by atoms with van der Waals surface area (Å²) in [6.07, 6.45) is 1.31. The predicted octanol–water partition coefficient (Wildman–Crippen LogP) is 3.96. The van der Waals surface area contributed by atoms with Crippen molar-refractivity contribution in [2.24, 2.45) is 0 Å². The molecule has 0 saturated heterocycles. The maximum absolute atomic E-state index is 10.1. The molecule has 1 N–H and O–H groups in total. The molecule has 0 fully saturated rings. The lowest BCUT2D eigenvalue weighted by atomic mass is 10.0. The van der Waals surface area contributed by atoms with Gasteiger partial charge in [-0.05, 0) is 58.7 Å². The van der Waals surface area contributed by atoms with E-state index in [1.165, 1.54) is 9.13 Å². The summed E-state index contributed by atoms with van der Waals surface area (Å²) in [5.74, 6) is 0. The van der Waals surface area contributed by atoms with E-state index in [0.29, 0.717) is 0 Å². The van der Waals surface area contributed by atoms with Crippen LogP contribution in [0.5, 0.6) is 0 Å². The number of rotatable bonds is 4. The smallest absolute Gasteiger partial charge is 0.0793 e. The molecule has 0 spiro atoms. The van der Waals surface area contributed by atoms with Gasteiger partial charge >= 0.3 is 0 Å². The maximum atomic E-state index is 10.1. The third kappa shape index (κ3) is 3.82. The summed E-state index contributed by atoms with van der Waals surface area (Å²) in [6.45, 7) is 0. The number of aryl methyl sites for hydroxylation is 1. The summed E-state index contributed by atoms with van der Waals surface area (Å²) in [4.78, 5) is 0. The Balaban J connectivity index is 1.96. The van der Waals surface area contributed by atoms with E-state index >= 15 is 0 Å². The number of hydrogen-bond acceptors (Lipinski definition) is 1. The fraction of sp³-hybridized carbons (Fsp3) is 0.200. The number of benzene rings is 2. The van der Waals surface area contributed by atoms with E-state index in [4.69, 9.17) is 0 Å². The maximum Gasteiger partial charge on any atom is 0.0793 e. The van der Waals surface area contributed by atoms with Crippen molar-refractivity contribution in [3.05, 3.63) is 69.3 Å². The highest BCUT2D eigenvalue weighted by atomic mass is 127. The highest BCUT2D eigenvalue weighted by Gasteiger charge is 2.07. The number of hydrogen-bond donors (Lipinski definition) is 1. The third-order valence-electron chi connectivity index (χ3n) is 2.78. The van der Waals surface area contributed by atoms with Gasteiger partial charge in [-0.15, -0.1) is 0 Å². The Morgan fingerprint density at radius 3 is 2.47 bits per heavy atom. The first-order chi connectivity index (χ1) is 8.25. The van der Waals surface area contributed by atoms with Gasteiger partial charge in [0.25, 0.3) is 0 Å². The topological polar surface area (TPSA) is 20.2 Å². The summed E-state index contributed by atoms with van der Waals surface area (Å²) in [5, 5.41) is 10.1. The van der Waals surface area contributed by atoms with E-state index in [2.05, 4.69) is 34.7 Å². The fourth-order valence-corrected chi connectivity index (χ4v) is 2.40. The standard InChI is InChI=1S/C15H15IO/c16-14-8-4-7-13(11-14)15(17)10-9-12-5-2-1-3-6-12/h1-8,11,15,17H,9-10H2. The van der Waals surface area contributed by atoms with Gasteiger partial charge in [0.05, 0.1) is 6.10 Å². The lowest BCUT2D eigenvalue weighted by Gasteiger charge is -2.11. The first-order valence-electron chi connectivity index (χ1n) is 5.73. The van der Waals surface area contributed by atoms with Gasteiger partial charge < -0.3 is 5.11 Å². The Bertz CT molecular complexity index is 467. The van der Waals surface area contributed by atoms with Crippen LogP contribution in [0, 0.1) is 3.57 Å². The van der Waals surface area contributed by atoms with E-state index in [9.17, 15) is 5.11 Å². The highest BCUT2D eigenvalue weighted by molar-refractivity contribution is 14.1. The van der Waals surface area contributed by atoms with E-state index in [1.54, 1.807) is 0 Å². The average Bonchev–Trinajstić information content (AvgIpc) is 2.37. The molecule has 17 heavy (non-hydrogen) atoms. The van der Waals surface area contributed by atoms with Crippen LogP contribution < -0.4 is 0 Å². The number of aliphatic hydroxyl groups excluding tert-OH is 1. The van der Waals surface area contributed by atoms with Crippen molar-refractivity contribution in [3.8, 4) is 0 Å². The first kappa shape index (κ1) is 12.6. The summed E-state index contributed by atoms with van der Waals surface area (Å²) < 4.78 is 1.17. The van der Waals surface area contributed by atoms with Crippen molar-refractivity contribution in [2.75, 3.05) is 0 Å². The molecule has 2 heteroatoms. The molecule has 0 heterocycles. The normalized spacial score (nSPS) is 12.4. The average molecular weight is 338 g/mol. The Kier molecular flexibility index (Phi) is 4.57. The van der Waals surface area contributed by atoms with Crippen LogP contribution in [0.25, 0.3) is 0 Å². The number of halogens is 1. The van der Waals surface area contributed by atoms with Crippen molar-refractivity contribution in [1.29, 1.82) is 0 Å². The minimum absolute atomic E-state index is 0.370. The first-order valence-corrected chi connectivity index (χ1v) is 6.81. The van der Waals surface area contributed by atoms with Crippen LogP contribution in [-0.4, -0.2) is 5.11 Å². The van der Waals surface area contributed by atoms with Crippen LogP contribution in [0.4, 0.5) is 0 Å². The quantitative estimate of drug-likeness (QED) is 0.837. The molecule has 2 rings (SSSR count). The summed E-state index contributed by atoms with van der Waals surface area (Å²) >= 11 is 2.27. The summed E-state index contributed by atoms with van der Waals surface area (Å²) in [7, 11) is 0. The van der Waals surface area contributed by atoms with E-state index in [1.807, 2.05) is 42.5 Å². The highest BCUT2D eigenvalue weighted by Crippen LogP contribution is 2.20. The molecule has 88 valence electrons. The number of aliphatic hydroxyl groups is 1. The second-order valence-electron chi connectivity index (χ2n) is 4.10. The van der Waals surface area contributed by atoms with E-state index < -0.39 is 0 Å². The third-order valence-corrected chi connectivity index (χ3v) is 3.45. The van der Waals surface area contributed by atoms with Crippen LogP contribution in [0.2, 0.25) is 0 Å². The molecule has 0 amide bonds. The largest absolute Gasteiger partial charge is 0.388 e. The predicted molar refractivity (Wildman–Crippen MR) is 78.9 cm³/mol. The molecule has 0 saturated carbocycles. The Morgan fingerprint density at radius 1 is 1.00 bits per heavy atom. The van der Waals surface area contributed by atoms with E-state index in [0.717, 1.165) is 18.4 Å². The molecular formula is C15H15IO. The van der Waals surface area contributed by atoms with Crippen molar-refractivity contribution >= 4 is 22.6 Å². The zero-order chi connectivity index (χ0) is 12.1. The monoisotopic (exact) mass is 338 g/mol. The van der Waals surface area contributed by atoms with Crippen LogP contribution in [0.3, 0.4) is 0 Å². The van der Waals surface area contributed by atoms with Gasteiger partial charge in [0.15, 0.2) is 0 Å². The Labute approximate surface area is 116 Å². The Morgan fingerprint density at radius 2 is 1.76 bits per heavy atom. The summed E-state index contributed by atoms with van der Waals surface area (Å²) in [6, 6.07) is 18.3. The lowest BCUT2D eigenvalue weighted by molar-refractivity contribution is 0.168. The zero-order valence-electron chi connectivity index (χ0n) is 9.51. The van der Waals surface area contributed by atoms with Crippen LogP contribution in [0.15, 0.2) is 54.6 Å². The fourth-order valence-electron chi connectivity index (χ4n) is 1.83.